The highest BCUT2D eigenvalue weighted by Gasteiger charge is 2.36. The van der Waals surface area contributed by atoms with Crippen molar-refractivity contribution in [3.05, 3.63) is 46.3 Å². The molecule has 214 valence electrons. The second-order valence-corrected chi connectivity index (χ2v) is 10.3. The molecule has 1 aromatic carbocycles. The molecule has 3 aromatic rings. The Morgan fingerprint density at radius 2 is 1.88 bits per heavy atom. The van der Waals surface area contributed by atoms with Crippen molar-refractivity contribution in [2.45, 2.75) is 25.1 Å². The van der Waals surface area contributed by atoms with Crippen molar-refractivity contribution in [2.75, 3.05) is 62.0 Å². The highest BCUT2D eigenvalue weighted by Crippen LogP contribution is 2.38. The number of halogens is 3. The van der Waals surface area contributed by atoms with Crippen molar-refractivity contribution in [3.8, 4) is 5.75 Å². The number of nitrogens with one attached hydrogen (secondary N) is 2. The minimum Gasteiger partial charge on any atom is -0.494 e. The van der Waals surface area contributed by atoms with Crippen LogP contribution in [0.1, 0.15) is 28.1 Å². The number of hydrogen-bond acceptors (Lipinski definition) is 10. The zero-order chi connectivity index (χ0) is 28.3. The lowest BCUT2D eigenvalue weighted by Gasteiger charge is -2.40. The van der Waals surface area contributed by atoms with Crippen LogP contribution in [0.3, 0.4) is 0 Å². The van der Waals surface area contributed by atoms with Crippen molar-refractivity contribution in [1.29, 1.82) is 0 Å². The highest BCUT2D eigenvalue weighted by atomic mass is 32.1. The highest BCUT2D eigenvalue weighted by molar-refractivity contribution is 7.12. The van der Waals surface area contributed by atoms with E-state index < -0.39 is 23.5 Å². The molecule has 2 fully saturated rings. The van der Waals surface area contributed by atoms with Gasteiger partial charge in [0, 0.05) is 50.2 Å². The normalized spacial score (nSPS) is 17.1. The molecule has 3 N–H and O–H groups in total. The molecule has 0 radical (unpaired) electrons. The van der Waals surface area contributed by atoms with Gasteiger partial charge < -0.3 is 30.1 Å². The third-order valence-electron chi connectivity index (χ3n) is 7.03. The molecule has 14 heteroatoms. The lowest BCUT2D eigenvalue weighted by atomic mass is 10.0. The van der Waals surface area contributed by atoms with Gasteiger partial charge in [-0.3, -0.25) is 4.90 Å². The molecule has 10 nitrogen and oxygen atoms in total. The quantitative estimate of drug-likeness (QED) is 0.336. The van der Waals surface area contributed by atoms with Gasteiger partial charge in [-0.1, -0.05) is 0 Å². The molecular weight excluding hydrogens is 549 g/mol. The number of morpholine rings is 1. The number of alkyl halides is 3. The Morgan fingerprint density at radius 1 is 1.12 bits per heavy atom. The summed E-state index contributed by atoms with van der Waals surface area (Å²) >= 11 is 0.892. The van der Waals surface area contributed by atoms with E-state index in [1.54, 1.807) is 6.07 Å². The summed E-state index contributed by atoms with van der Waals surface area (Å²) < 4.78 is 52.1. The number of benzene rings is 1. The summed E-state index contributed by atoms with van der Waals surface area (Å²) in [6.07, 6.45) is -2.00. The van der Waals surface area contributed by atoms with Crippen molar-refractivity contribution in [2.24, 2.45) is 0 Å². The predicted molar refractivity (Wildman–Crippen MR) is 145 cm³/mol. The zero-order valence-electron chi connectivity index (χ0n) is 21.7. The first-order chi connectivity index (χ1) is 19.2. The SMILES string of the molecule is COc1cc(N2CCC(N3CCOCC3)CC2)ccc1Nc1ncc(C(F)(F)F)c(Nc2ccsc2C(=O)O)n1. The van der Waals surface area contributed by atoms with Crippen molar-refractivity contribution in [1.82, 2.24) is 14.9 Å². The van der Waals surface area contributed by atoms with Crippen molar-refractivity contribution < 1.29 is 32.5 Å². The van der Waals surface area contributed by atoms with Gasteiger partial charge in [0.2, 0.25) is 5.95 Å². The summed E-state index contributed by atoms with van der Waals surface area (Å²) in [7, 11) is 1.51. The number of thiophene rings is 1. The second-order valence-electron chi connectivity index (χ2n) is 9.42. The molecule has 4 heterocycles. The number of rotatable bonds is 8. The number of carboxylic acids is 1. The Hall–Kier alpha value is -3.62. The Kier molecular flexibility index (Phi) is 8.28. The second kappa shape index (κ2) is 11.9. The van der Waals surface area contributed by atoms with Gasteiger partial charge in [-0.05, 0) is 36.4 Å². The average Bonchev–Trinajstić information content (AvgIpc) is 3.42. The molecule has 0 aliphatic carbocycles. The van der Waals surface area contributed by atoms with Crippen LogP contribution in [-0.2, 0) is 10.9 Å². The topological polar surface area (TPSA) is 112 Å². The Labute approximate surface area is 232 Å². The maximum Gasteiger partial charge on any atom is 0.421 e. The molecule has 2 aromatic heterocycles. The van der Waals surface area contributed by atoms with E-state index >= 15 is 0 Å². The number of hydrogen-bond donors (Lipinski definition) is 3. The molecule has 0 unspecified atom stereocenters. The van der Waals surface area contributed by atoms with Crippen LogP contribution < -0.4 is 20.3 Å². The number of anilines is 5. The van der Waals surface area contributed by atoms with Gasteiger partial charge in [-0.2, -0.15) is 18.2 Å². The number of ether oxygens (including phenoxy) is 2. The summed E-state index contributed by atoms with van der Waals surface area (Å²) in [4.78, 5) is 24.0. The van der Waals surface area contributed by atoms with Gasteiger partial charge >= 0.3 is 12.1 Å². The third-order valence-corrected chi connectivity index (χ3v) is 7.93. The molecular formula is C26H29F3N6O4S. The van der Waals surface area contributed by atoms with Crippen molar-refractivity contribution in [3.63, 3.8) is 0 Å². The molecule has 0 saturated carbocycles. The maximum absolute atomic E-state index is 13.7. The lowest BCUT2D eigenvalue weighted by molar-refractivity contribution is -0.137. The minimum absolute atomic E-state index is 0.00646. The molecule has 0 amide bonds. The Balaban J connectivity index is 1.32. The number of piperidine rings is 1. The smallest absolute Gasteiger partial charge is 0.421 e. The first-order valence-corrected chi connectivity index (χ1v) is 13.6. The summed E-state index contributed by atoms with van der Waals surface area (Å²) in [5.74, 6) is -1.45. The lowest BCUT2D eigenvalue weighted by Crippen LogP contribution is -2.49. The van der Waals surface area contributed by atoms with E-state index in [1.165, 1.54) is 18.6 Å². The van der Waals surface area contributed by atoms with Gasteiger partial charge in [0.05, 0.1) is 31.7 Å². The van der Waals surface area contributed by atoms with Gasteiger partial charge in [0.1, 0.15) is 22.0 Å². The van der Waals surface area contributed by atoms with Gasteiger partial charge in [0.25, 0.3) is 0 Å². The van der Waals surface area contributed by atoms with E-state index in [1.807, 2.05) is 12.1 Å². The first-order valence-electron chi connectivity index (χ1n) is 12.8. The van der Waals surface area contributed by atoms with E-state index in [4.69, 9.17) is 9.47 Å². The number of carboxylic acid groups (broad SMARTS) is 1. The number of methoxy groups -OCH3 is 1. The van der Waals surface area contributed by atoms with Crippen LogP contribution in [0.2, 0.25) is 0 Å². The summed E-state index contributed by atoms with van der Waals surface area (Å²) in [5, 5.41) is 16.3. The number of carbonyl (C=O) groups is 1. The summed E-state index contributed by atoms with van der Waals surface area (Å²) in [6, 6.07) is 7.51. The van der Waals surface area contributed by atoms with Crippen LogP contribution >= 0.6 is 11.3 Å². The van der Waals surface area contributed by atoms with E-state index in [-0.39, 0.29) is 16.5 Å². The maximum atomic E-state index is 13.7. The molecule has 40 heavy (non-hydrogen) atoms. The van der Waals surface area contributed by atoms with E-state index in [0.717, 1.165) is 69.3 Å². The average molecular weight is 579 g/mol. The fourth-order valence-corrected chi connectivity index (χ4v) is 5.66. The van der Waals surface area contributed by atoms with Crippen LogP contribution in [0.5, 0.6) is 5.75 Å². The van der Waals surface area contributed by atoms with Crippen LogP contribution in [0, 0.1) is 0 Å². The standard InChI is InChI=1S/C26H29F3N6O4S/c1-38-21-14-17(34-7-4-16(5-8-34)35-9-11-39-12-10-35)2-3-19(21)32-25-30-15-18(26(27,28)29)23(33-25)31-20-6-13-40-22(20)24(36)37/h2-3,6,13-16H,4-5,7-12H2,1H3,(H,36,37)(H2,30,31,32,33). The number of aromatic carboxylic acids is 1. The molecule has 2 aliphatic heterocycles. The fraction of sp³-hybridized carbons (Fsp3) is 0.423. The minimum atomic E-state index is -4.76. The van der Waals surface area contributed by atoms with Gasteiger partial charge in [-0.15, -0.1) is 11.3 Å². The monoisotopic (exact) mass is 578 g/mol. The fourth-order valence-electron chi connectivity index (χ4n) is 4.98. The molecule has 0 atom stereocenters. The molecule has 0 spiro atoms. The largest absolute Gasteiger partial charge is 0.494 e. The van der Waals surface area contributed by atoms with E-state index in [9.17, 15) is 23.1 Å². The number of aromatic nitrogens is 2. The van der Waals surface area contributed by atoms with Crippen LogP contribution in [-0.4, -0.2) is 78.5 Å². The van der Waals surface area contributed by atoms with Crippen molar-refractivity contribution >= 4 is 46.1 Å². The van der Waals surface area contributed by atoms with Crippen LogP contribution in [0.15, 0.2) is 35.8 Å². The first kappa shape index (κ1) is 27.9. The summed E-state index contributed by atoms with van der Waals surface area (Å²) in [5.41, 5.74) is 0.342. The van der Waals surface area contributed by atoms with E-state index in [0.29, 0.717) is 23.7 Å². The molecule has 2 saturated heterocycles. The van der Waals surface area contributed by atoms with Crippen LogP contribution in [0.25, 0.3) is 0 Å². The molecule has 0 bridgehead atoms. The van der Waals surface area contributed by atoms with E-state index in [2.05, 4.69) is 30.4 Å². The third kappa shape index (κ3) is 6.24. The Bertz CT molecular complexity index is 1340. The predicted octanol–water partition coefficient (Wildman–Crippen LogP) is 5.05. The van der Waals surface area contributed by atoms with Crippen LogP contribution in [0.4, 0.5) is 42.0 Å². The summed E-state index contributed by atoms with van der Waals surface area (Å²) in [6.45, 7) is 5.30. The Morgan fingerprint density at radius 3 is 2.55 bits per heavy atom. The van der Waals surface area contributed by atoms with Gasteiger partial charge in [-0.25, -0.2) is 9.78 Å². The number of nitrogens with zero attached hydrogens (tertiary/aromatic N) is 4. The molecule has 5 rings (SSSR count). The van der Waals surface area contributed by atoms with Gasteiger partial charge in [0.15, 0.2) is 0 Å². The molecule has 2 aliphatic rings. The zero-order valence-corrected chi connectivity index (χ0v) is 22.5.